The van der Waals surface area contributed by atoms with Crippen LogP contribution >= 0.6 is 0 Å². The molecule has 1 aromatic heterocycles. The van der Waals surface area contributed by atoms with E-state index in [4.69, 9.17) is 4.74 Å². The van der Waals surface area contributed by atoms with Crippen molar-refractivity contribution in [3.05, 3.63) is 70.9 Å². The number of H-pyrrole nitrogens is 1. The van der Waals surface area contributed by atoms with Gasteiger partial charge >= 0.3 is 5.97 Å². The molecule has 2 aliphatic heterocycles. The highest BCUT2D eigenvalue weighted by molar-refractivity contribution is 5.97. The van der Waals surface area contributed by atoms with Gasteiger partial charge < -0.3 is 19.5 Å². The molecule has 0 saturated carbocycles. The van der Waals surface area contributed by atoms with E-state index >= 15 is 0 Å². The molecule has 2 unspecified atom stereocenters. The number of aromatic amines is 1. The Labute approximate surface area is 192 Å². The van der Waals surface area contributed by atoms with E-state index in [0.29, 0.717) is 18.5 Å². The summed E-state index contributed by atoms with van der Waals surface area (Å²) in [6.07, 6.45) is 0.481. The van der Waals surface area contributed by atoms with E-state index in [1.54, 1.807) is 21.9 Å². The van der Waals surface area contributed by atoms with Gasteiger partial charge in [0.15, 0.2) is 0 Å². The number of amides is 2. The fourth-order valence-electron chi connectivity index (χ4n) is 5.18. The highest BCUT2D eigenvalue weighted by Crippen LogP contribution is 2.42. The molecule has 0 radical (unpaired) electrons. The molecule has 2 amide bonds. The molecule has 0 aliphatic carbocycles. The molecule has 1 saturated heterocycles. The predicted molar refractivity (Wildman–Crippen MR) is 124 cm³/mol. The lowest BCUT2D eigenvalue weighted by Crippen LogP contribution is -2.63. The SMILES string of the molecule is COC(=O)c1ccc(C2c3[nH]c4ccccc4c3CC3C(=O)N(CC(C)C)CC(=O)N32)cc1. The zero-order valence-electron chi connectivity index (χ0n) is 19.0. The van der Waals surface area contributed by atoms with Gasteiger partial charge in [0.1, 0.15) is 6.04 Å². The van der Waals surface area contributed by atoms with E-state index in [1.807, 2.05) is 30.3 Å². The smallest absolute Gasteiger partial charge is 0.337 e. The lowest BCUT2D eigenvalue weighted by Gasteiger charge is -2.47. The molecule has 0 spiro atoms. The van der Waals surface area contributed by atoms with Crippen molar-refractivity contribution in [1.82, 2.24) is 14.8 Å². The third-order valence-electron chi connectivity index (χ3n) is 6.58. The van der Waals surface area contributed by atoms with Crippen LogP contribution in [0.1, 0.15) is 47.1 Å². The molecular formula is C26H27N3O4. The van der Waals surface area contributed by atoms with E-state index in [0.717, 1.165) is 27.7 Å². The zero-order valence-corrected chi connectivity index (χ0v) is 19.0. The van der Waals surface area contributed by atoms with Crippen LogP contribution in [0.5, 0.6) is 0 Å². The van der Waals surface area contributed by atoms with Gasteiger partial charge in [0, 0.05) is 29.6 Å². The summed E-state index contributed by atoms with van der Waals surface area (Å²) < 4.78 is 4.82. The molecular weight excluding hydrogens is 418 g/mol. The number of nitrogens with one attached hydrogen (secondary N) is 1. The highest BCUT2D eigenvalue weighted by Gasteiger charge is 2.48. The summed E-state index contributed by atoms with van der Waals surface area (Å²) in [6, 6.07) is 14.1. The number of nitrogens with zero attached hydrogens (tertiary/aromatic N) is 2. The molecule has 7 heteroatoms. The summed E-state index contributed by atoms with van der Waals surface area (Å²) in [5.41, 5.74) is 4.27. The number of ether oxygens (including phenoxy) is 1. The van der Waals surface area contributed by atoms with Crippen LogP contribution in [0.3, 0.4) is 0 Å². The topological polar surface area (TPSA) is 82.7 Å². The Morgan fingerprint density at radius 3 is 2.55 bits per heavy atom. The summed E-state index contributed by atoms with van der Waals surface area (Å²) >= 11 is 0. The number of hydrogen-bond acceptors (Lipinski definition) is 4. The Kier molecular flexibility index (Phi) is 5.19. The van der Waals surface area contributed by atoms with Crippen molar-refractivity contribution >= 4 is 28.7 Å². The molecule has 5 rings (SSSR count). The second-order valence-electron chi connectivity index (χ2n) is 9.21. The first kappa shape index (κ1) is 21.2. The number of carbonyl (C=O) groups is 3. The third kappa shape index (κ3) is 3.48. The number of fused-ring (bicyclic) bond motifs is 4. The molecule has 170 valence electrons. The van der Waals surface area contributed by atoms with Gasteiger partial charge in [0.2, 0.25) is 11.8 Å². The Bertz CT molecular complexity index is 1240. The average Bonchev–Trinajstić information content (AvgIpc) is 3.19. The van der Waals surface area contributed by atoms with Crippen LogP contribution in [0, 0.1) is 5.92 Å². The maximum absolute atomic E-state index is 13.5. The van der Waals surface area contributed by atoms with Crippen LogP contribution in [0.4, 0.5) is 0 Å². The average molecular weight is 446 g/mol. The van der Waals surface area contributed by atoms with Crippen LogP contribution in [-0.2, 0) is 20.7 Å². The Hall–Kier alpha value is -3.61. The van der Waals surface area contributed by atoms with Gasteiger partial charge in [-0.2, -0.15) is 0 Å². The van der Waals surface area contributed by atoms with Gasteiger partial charge in [0.05, 0.1) is 25.3 Å². The lowest BCUT2D eigenvalue weighted by atomic mass is 9.86. The zero-order chi connectivity index (χ0) is 23.3. The number of para-hydroxylation sites is 1. The first-order valence-corrected chi connectivity index (χ1v) is 11.3. The van der Waals surface area contributed by atoms with E-state index in [9.17, 15) is 14.4 Å². The monoisotopic (exact) mass is 445 g/mol. The minimum atomic E-state index is -0.554. The number of esters is 1. The minimum Gasteiger partial charge on any atom is -0.465 e. The lowest BCUT2D eigenvalue weighted by molar-refractivity contribution is -0.159. The summed E-state index contributed by atoms with van der Waals surface area (Å²) in [5, 5.41) is 1.07. The highest BCUT2D eigenvalue weighted by atomic mass is 16.5. The fourth-order valence-corrected chi connectivity index (χ4v) is 5.18. The quantitative estimate of drug-likeness (QED) is 0.625. The van der Waals surface area contributed by atoms with Crippen LogP contribution in [0.2, 0.25) is 0 Å². The van der Waals surface area contributed by atoms with Crippen molar-refractivity contribution in [2.24, 2.45) is 5.92 Å². The van der Waals surface area contributed by atoms with Gasteiger partial charge in [-0.15, -0.1) is 0 Å². The standard InChI is InChI=1S/C26H27N3O4/c1-15(2)13-28-14-22(30)29-21(25(28)31)12-19-18-6-4-5-7-20(18)27-23(19)24(29)16-8-10-17(11-9-16)26(32)33-3/h4-11,15,21,24,27H,12-14H2,1-3H3. The number of piperazine rings is 1. The largest absolute Gasteiger partial charge is 0.465 e. The Balaban J connectivity index is 1.64. The first-order valence-electron chi connectivity index (χ1n) is 11.3. The first-order chi connectivity index (χ1) is 15.9. The minimum absolute atomic E-state index is 0.00425. The molecule has 2 aliphatic rings. The molecule has 3 heterocycles. The van der Waals surface area contributed by atoms with Gasteiger partial charge in [0.25, 0.3) is 0 Å². The number of aromatic nitrogens is 1. The number of methoxy groups -OCH3 is 1. The Morgan fingerprint density at radius 2 is 1.85 bits per heavy atom. The van der Waals surface area contributed by atoms with Crippen LogP contribution in [-0.4, -0.2) is 58.8 Å². The second kappa shape index (κ2) is 8.06. The normalized spacial score (nSPS) is 20.2. The summed E-state index contributed by atoms with van der Waals surface area (Å²) in [5.74, 6) is -0.202. The van der Waals surface area contributed by atoms with E-state index in [2.05, 4.69) is 24.9 Å². The molecule has 7 nitrogen and oxygen atoms in total. The molecule has 0 bridgehead atoms. The summed E-state index contributed by atoms with van der Waals surface area (Å²) in [4.78, 5) is 45.8. The van der Waals surface area contributed by atoms with Crippen LogP contribution in [0.15, 0.2) is 48.5 Å². The number of carbonyl (C=O) groups excluding carboxylic acids is 3. The van der Waals surface area contributed by atoms with E-state index in [1.165, 1.54) is 7.11 Å². The van der Waals surface area contributed by atoms with Crippen molar-refractivity contribution in [2.45, 2.75) is 32.4 Å². The molecule has 2 aromatic carbocycles. The van der Waals surface area contributed by atoms with Crippen LogP contribution < -0.4 is 0 Å². The number of benzene rings is 2. The summed E-state index contributed by atoms with van der Waals surface area (Å²) in [7, 11) is 1.35. The van der Waals surface area contributed by atoms with Crippen molar-refractivity contribution in [1.29, 1.82) is 0 Å². The van der Waals surface area contributed by atoms with Crippen molar-refractivity contribution in [3.63, 3.8) is 0 Å². The predicted octanol–water partition coefficient (Wildman–Crippen LogP) is 3.30. The van der Waals surface area contributed by atoms with Crippen molar-refractivity contribution in [2.75, 3.05) is 20.2 Å². The third-order valence-corrected chi connectivity index (χ3v) is 6.58. The molecule has 3 aromatic rings. The van der Waals surface area contributed by atoms with Gasteiger partial charge in [-0.05, 0) is 35.2 Å². The van der Waals surface area contributed by atoms with E-state index in [-0.39, 0.29) is 24.3 Å². The van der Waals surface area contributed by atoms with Gasteiger partial charge in [-0.1, -0.05) is 44.2 Å². The van der Waals surface area contributed by atoms with Crippen LogP contribution in [0.25, 0.3) is 10.9 Å². The molecule has 33 heavy (non-hydrogen) atoms. The number of rotatable bonds is 4. The maximum Gasteiger partial charge on any atom is 0.337 e. The second-order valence-corrected chi connectivity index (χ2v) is 9.21. The fraction of sp³-hybridized carbons (Fsp3) is 0.346. The molecule has 2 atom stereocenters. The van der Waals surface area contributed by atoms with Crippen molar-refractivity contribution in [3.8, 4) is 0 Å². The van der Waals surface area contributed by atoms with E-state index < -0.39 is 18.1 Å². The van der Waals surface area contributed by atoms with Gasteiger partial charge in [-0.25, -0.2) is 4.79 Å². The van der Waals surface area contributed by atoms with Crippen molar-refractivity contribution < 1.29 is 19.1 Å². The maximum atomic E-state index is 13.5. The number of hydrogen-bond donors (Lipinski definition) is 1. The molecule has 1 fully saturated rings. The Morgan fingerprint density at radius 1 is 1.12 bits per heavy atom. The van der Waals surface area contributed by atoms with Gasteiger partial charge in [-0.3, -0.25) is 9.59 Å². The molecule has 1 N–H and O–H groups in total. The summed E-state index contributed by atoms with van der Waals surface area (Å²) in [6.45, 7) is 4.75.